The summed E-state index contributed by atoms with van der Waals surface area (Å²) in [5, 5.41) is 13.1. The predicted octanol–water partition coefficient (Wildman–Crippen LogP) is 4.41. The highest BCUT2D eigenvalue weighted by Crippen LogP contribution is 2.36. The summed E-state index contributed by atoms with van der Waals surface area (Å²) in [5.41, 5.74) is 2.92. The zero-order valence-corrected chi connectivity index (χ0v) is 30.2. The zero-order valence-electron chi connectivity index (χ0n) is 28.6. The molecule has 0 amide bonds. The molecule has 1 N–H and O–H groups in total. The Morgan fingerprint density at radius 3 is 2.22 bits per heavy atom. The Balaban J connectivity index is 0.00000552. The maximum absolute atomic E-state index is 12.3. The SMILES string of the molecule is CC[N+](CC)(CC)CCCCCCCCCCCCNCc1cn(Cc2cc(=O)oc3cc4c(cc23)CCC(C)(C)O4)nn1.[Br-]. The van der Waals surface area contributed by atoms with Crippen molar-refractivity contribution in [2.75, 3.05) is 32.7 Å². The van der Waals surface area contributed by atoms with Gasteiger partial charge in [-0.05, 0) is 90.5 Å². The van der Waals surface area contributed by atoms with Crippen molar-refractivity contribution in [3.8, 4) is 5.75 Å². The second-order valence-electron chi connectivity index (χ2n) is 13.5. The van der Waals surface area contributed by atoms with Gasteiger partial charge in [-0.3, -0.25) is 0 Å². The number of ether oxygens (including phenoxy) is 1. The van der Waals surface area contributed by atoms with Crippen LogP contribution in [-0.2, 0) is 19.5 Å². The molecular formula is C36H58BrN5O3. The number of quaternary nitrogens is 1. The van der Waals surface area contributed by atoms with Crippen molar-refractivity contribution >= 4 is 11.0 Å². The van der Waals surface area contributed by atoms with Gasteiger partial charge < -0.3 is 35.9 Å². The van der Waals surface area contributed by atoms with Gasteiger partial charge in [0.2, 0.25) is 0 Å². The number of unbranched alkanes of at least 4 members (excludes halogenated alkanes) is 9. The van der Waals surface area contributed by atoms with Crippen molar-refractivity contribution < 1.29 is 30.6 Å². The fraction of sp³-hybridized carbons (Fsp3) is 0.694. The molecule has 0 bridgehead atoms. The Hall–Kier alpha value is -2.23. The average Bonchev–Trinajstić information content (AvgIpc) is 3.45. The van der Waals surface area contributed by atoms with Crippen molar-refractivity contribution in [2.45, 2.75) is 130 Å². The monoisotopic (exact) mass is 687 g/mol. The molecule has 4 rings (SSSR count). The molecule has 252 valence electrons. The molecule has 0 radical (unpaired) electrons. The molecule has 2 aromatic heterocycles. The van der Waals surface area contributed by atoms with Gasteiger partial charge >= 0.3 is 5.63 Å². The van der Waals surface area contributed by atoms with E-state index in [1.54, 1.807) is 10.7 Å². The number of nitrogens with zero attached hydrogens (tertiary/aromatic N) is 4. The molecule has 1 aliphatic rings. The molecule has 0 fully saturated rings. The Morgan fingerprint density at radius 2 is 1.56 bits per heavy atom. The Labute approximate surface area is 281 Å². The molecule has 3 heterocycles. The number of benzene rings is 1. The van der Waals surface area contributed by atoms with Gasteiger partial charge in [0.25, 0.3) is 0 Å². The minimum atomic E-state index is -0.364. The van der Waals surface area contributed by atoms with E-state index in [1.807, 2.05) is 12.3 Å². The van der Waals surface area contributed by atoms with E-state index in [-0.39, 0.29) is 28.2 Å². The molecule has 3 aromatic rings. The summed E-state index contributed by atoms with van der Waals surface area (Å²) in [4.78, 5) is 12.3. The van der Waals surface area contributed by atoms with Crippen LogP contribution in [0.2, 0.25) is 0 Å². The van der Waals surface area contributed by atoms with Crippen LogP contribution in [0.1, 0.15) is 122 Å². The van der Waals surface area contributed by atoms with E-state index in [0.29, 0.717) is 18.7 Å². The van der Waals surface area contributed by atoms with E-state index in [9.17, 15) is 4.79 Å². The van der Waals surface area contributed by atoms with Gasteiger partial charge in [-0.25, -0.2) is 9.48 Å². The molecule has 8 nitrogen and oxygen atoms in total. The highest BCUT2D eigenvalue weighted by Gasteiger charge is 2.27. The van der Waals surface area contributed by atoms with Gasteiger partial charge in [0, 0.05) is 24.1 Å². The van der Waals surface area contributed by atoms with Crippen LogP contribution in [0.3, 0.4) is 0 Å². The standard InChI is InChI=1S/C36H58N5O3.BrH/c1-6-41(7-2,8-3)22-18-16-14-12-10-9-11-13-15-17-21-37-26-31-28-40(39-38-31)27-30-24-35(42)43-34-25-33-29(23-32(30)34)19-20-36(4,5)44-33;/h23-25,28,37H,6-22,26-27H2,1-5H3;1H/q+1;/p-1. The summed E-state index contributed by atoms with van der Waals surface area (Å²) in [6.45, 7) is 18.6. The highest BCUT2D eigenvalue weighted by molar-refractivity contribution is 5.83. The Kier molecular flexibility index (Phi) is 15.1. The number of nitrogens with one attached hydrogen (secondary N) is 1. The van der Waals surface area contributed by atoms with Crippen LogP contribution < -0.4 is 32.7 Å². The molecule has 0 aliphatic carbocycles. The Morgan fingerprint density at radius 1 is 0.911 bits per heavy atom. The molecule has 0 atom stereocenters. The van der Waals surface area contributed by atoms with Gasteiger partial charge in [-0.15, -0.1) is 5.10 Å². The molecular weight excluding hydrogens is 630 g/mol. The van der Waals surface area contributed by atoms with Crippen LogP contribution in [0.5, 0.6) is 5.75 Å². The fourth-order valence-electron chi connectivity index (χ4n) is 6.65. The number of aromatic nitrogens is 3. The molecule has 9 heteroatoms. The number of halogens is 1. The maximum Gasteiger partial charge on any atom is 0.336 e. The average molecular weight is 689 g/mol. The smallest absolute Gasteiger partial charge is 0.336 e. The van der Waals surface area contributed by atoms with E-state index < -0.39 is 0 Å². The predicted molar refractivity (Wildman–Crippen MR) is 179 cm³/mol. The summed E-state index contributed by atoms with van der Waals surface area (Å²) in [6.07, 6.45) is 17.4. The third-order valence-corrected chi connectivity index (χ3v) is 9.87. The van der Waals surface area contributed by atoms with Crippen LogP contribution in [0.25, 0.3) is 11.0 Å². The van der Waals surface area contributed by atoms with Gasteiger partial charge in [0.05, 0.1) is 44.6 Å². The van der Waals surface area contributed by atoms with E-state index in [0.717, 1.165) is 47.3 Å². The number of rotatable bonds is 20. The van der Waals surface area contributed by atoms with Gasteiger partial charge in [-0.2, -0.15) is 0 Å². The van der Waals surface area contributed by atoms with E-state index in [1.165, 1.54) is 94.9 Å². The quantitative estimate of drug-likeness (QED) is 0.108. The lowest BCUT2D eigenvalue weighted by Gasteiger charge is -2.35. The van der Waals surface area contributed by atoms with Crippen molar-refractivity contribution in [3.63, 3.8) is 0 Å². The third-order valence-electron chi connectivity index (χ3n) is 9.87. The Bertz CT molecular complexity index is 1360. The zero-order chi connectivity index (χ0) is 31.4. The van der Waals surface area contributed by atoms with Crippen LogP contribution in [0, 0.1) is 0 Å². The minimum Gasteiger partial charge on any atom is -1.00 e. The number of hydrogen-bond acceptors (Lipinski definition) is 6. The van der Waals surface area contributed by atoms with E-state index in [2.05, 4.69) is 56.3 Å². The molecule has 1 aromatic carbocycles. The summed E-state index contributed by atoms with van der Waals surface area (Å²) in [5.74, 6) is 0.807. The van der Waals surface area contributed by atoms with Crippen LogP contribution >= 0.6 is 0 Å². The van der Waals surface area contributed by atoms with Crippen LogP contribution in [0.4, 0.5) is 0 Å². The molecule has 0 saturated heterocycles. The van der Waals surface area contributed by atoms with Crippen LogP contribution in [0.15, 0.2) is 33.6 Å². The van der Waals surface area contributed by atoms with Crippen LogP contribution in [-0.4, -0.2) is 57.8 Å². The maximum atomic E-state index is 12.3. The summed E-state index contributed by atoms with van der Waals surface area (Å²) < 4.78 is 14.8. The molecule has 0 unspecified atom stereocenters. The molecule has 0 saturated carbocycles. The van der Waals surface area contributed by atoms with Gasteiger partial charge in [-0.1, -0.05) is 50.2 Å². The van der Waals surface area contributed by atoms with Gasteiger partial charge in [0.1, 0.15) is 16.9 Å². The van der Waals surface area contributed by atoms with Crippen molar-refractivity contribution in [1.82, 2.24) is 20.3 Å². The van der Waals surface area contributed by atoms with Crippen molar-refractivity contribution in [2.24, 2.45) is 0 Å². The highest BCUT2D eigenvalue weighted by atomic mass is 79.9. The van der Waals surface area contributed by atoms with E-state index in [4.69, 9.17) is 9.15 Å². The molecule has 0 spiro atoms. The summed E-state index contributed by atoms with van der Waals surface area (Å²) in [7, 11) is 0. The van der Waals surface area contributed by atoms with Crippen molar-refractivity contribution in [3.05, 3.63) is 51.6 Å². The second kappa shape index (κ2) is 18.2. The second-order valence-corrected chi connectivity index (χ2v) is 13.5. The molecule has 45 heavy (non-hydrogen) atoms. The summed E-state index contributed by atoms with van der Waals surface area (Å²) >= 11 is 0. The lowest BCUT2D eigenvalue weighted by molar-refractivity contribution is -0.923. The number of fused-ring (bicyclic) bond motifs is 2. The topological polar surface area (TPSA) is 82.2 Å². The number of aryl methyl sites for hydroxylation is 1. The largest absolute Gasteiger partial charge is 1.00 e. The lowest BCUT2D eigenvalue weighted by atomic mass is 9.93. The van der Waals surface area contributed by atoms with Crippen molar-refractivity contribution in [1.29, 1.82) is 0 Å². The summed E-state index contributed by atoms with van der Waals surface area (Å²) in [6, 6.07) is 5.54. The first-order valence-electron chi connectivity index (χ1n) is 17.5. The first-order chi connectivity index (χ1) is 21.3. The first-order valence-corrected chi connectivity index (χ1v) is 17.5. The fourth-order valence-corrected chi connectivity index (χ4v) is 6.65. The number of hydrogen-bond donors (Lipinski definition) is 1. The third kappa shape index (κ3) is 11.2. The minimum absolute atomic E-state index is 0. The first kappa shape index (κ1) is 37.2. The normalized spacial score (nSPS) is 14.2. The van der Waals surface area contributed by atoms with Gasteiger partial charge in [0.15, 0.2) is 0 Å². The lowest BCUT2D eigenvalue weighted by Crippen LogP contribution is -3.00. The molecule has 1 aliphatic heterocycles. The van der Waals surface area contributed by atoms with E-state index >= 15 is 0 Å².